The Morgan fingerprint density at radius 2 is 2.31 bits per heavy atom. The fraction of sp³-hybridized carbons (Fsp3) is 0.667. The number of anilines is 1. The Balaban J connectivity index is 1.78. The molecule has 1 fully saturated rings. The quantitative estimate of drug-likeness (QED) is 0.838. The van der Waals surface area contributed by atoms with E-state index in [9.17, 15) is 0 Å². The van der Waals surface area contributed by atoms with Crippen molar-refractivity contribution in [3.8, 4) is 0 Å². The molecule has 0 aliphatic heterocycles. The van der Waals surface area contributed by atoms with Gasteiger partial charge in [0.1, 0.15) is 4.34 Å². The Morgan fingerprint density at radius 3 is 2.92 bits per heavy atom. The number of aromatic nitrogens is 1. The Kier molecular flexibility index (Phi) is 3.06. The minimum atomic E-state index is 0.758. The van der Waals surface area contributed by atoms with Crippen molar-refractivity contribution >= 4 is 28.1 Å². The molecule has 1 heterocycles. The summed E-state index contributed by atoms with van der Waals surface area (Å²) in [4.78, 5) is 4.15. The summed E-state index contributed by atoms with van der Waals surface area (Å²) in [6.07, 6.45) is 7.22. The van der Waals surface area contributed by atoms with E-state index in [1.54, 1.807) is 6.20 Å². The van der Waals surface area contributed by atoms with Crippen LogP contribution in [0.25, 0.3) is 0 Å². The maximum atomic E-state index is 5.77. The van der Waals surface area contributed by atoms with E-state index in [4.69, 9.17) is 11.6 Å². The third-order valence-electron chi connectivity index (χ3n) is 2.49. The maximum absolute atomic E-state index is 5.77. The Bertz CT molecular complexity index is 268. The second-order valence-electron chi connectivity index (χ2n) is 3.50. The Hall–Kier alpha value is -0.280. The smallest absolute Gasteiger partial charge is 0.184 e. The Morgan fingerprint density at radius 1 is 1.54 bits per heavy atom. The summed E-state index contributed by atoms with van der Waals surface area (Å²) in [5, 5.41) is 4.29. The molecule has 72 valence electrons. The normalized spacial score (nSPS) is 17.9. The fourth-order valence-electron chi connectivity index (χ4n) is 1.78. The van der Waals surface area contributed by atoms with Crippen LogP contribution < -0.4 is 5.32 Å². The molecule has 1 aliphatic carbocycles. The number of halogens is 1. The van der Waals surface area contributed by atoms with Crippen molar-refractivity contribution in [2.24, 2.45) is 5.92 Å². The summed E-state index contributed by atoms with van der Waals surface area (Å²) < 4.78 is 0.758. The van der Waals surface area contributed by atoms with Crippen LogP contribution in [0, 0.1) is 5.92 Å². The van der Waals surface area contributed by atoms with Crippen LogP contribution in [-0.2, 0) is 0 Å². The van der Waals surface area contributed by atoms with Gasteiger partial charge in [-0.05, 0) is 18.8 Å². The standard InChI is InChI=1S/C9H13ClN2S/c10-8-6-12-9(13-8)11-5-7-3-1-2-4-7/h6-7H,1-5H2,(H,11,12). The molecule has 1 aromatic rings. The first-order chi connectivity index (χ1) is 6.34. The number of thiazole rings is 1. The van der Waals surface area contributed by atoms with Gasteiger partial charge in [-0.3, -0.25) is 0 Å². The molecule has 0 unspecified atom stereocenters. The van der Waals surface area contributed by atoms with Gasteiger partial charge >= 0.3 is 0 Å². The summed E-state index contributed by atoms with van der Waals surface area (Å²) in [6, 6.07) is 0. The van der Waals surface area contributed by atoms with Gasteiger partial charge in [-0.25, -0.2) is 4.98 Å². The highest BCUT2D eigenvalue weighted by Gasteiger charge is 2.14. The molecular formula is C9H13ClN2S. The number of hydrogen-bond donors (Lipinski definition) is 1. The lowest BCUT2D eigenvalue weighted by molar-refractivity contribution is 0.579. The molecule has 1 aliphatic rings. The van der Waals surface area contributed by atoms with Crippen LogP contribution in [0.5, 0.6) is 0 Å². The first-order valence-electron chi connectivity index (χ1n) is 4.70. The SMILES string of the molecule is Clc1cnc(NCC2CCCC2)s1. The fourth-order valence-corrected chi connectivity index (χ4v) is 2.60. The second kappa shape index (κ2) is 4.29. The molecule has 1 aromatic heterocycles. The third-order valence-corrected chi connectivity index (χ3v) is 3.57. The van der Waals surface area contributed by atoms with E-state index < -0.39 is 0 Å². The highest BCUT2D eigenvalue weighted by atomic mass is 35.5. The summed E-state index contributed by atoms with van der Waals surface area (Å²) >= 11 is 7.29. The van der Waals surface area contributed by atoms with Crippen molar-refractivity contribution in [3.05, 3.63) is 10.5 Å². The van der Waals surface area contributed by atoms with Gasteiger partial charge in [-0.1, -0.05) is 35.8 Å². The van der Waals surface area contributed by atoms with Crippen molar-refractivity contribution in [2.75, 3.05) is 11.9 Å². The maximum Gasteiger partial charge on any atom is 0.184 e. The molecule has 13 heavy (non-hydrogen) atoms. The molecule has 2 rings (SSSR count). The summed E-state index contributed by atoms with van der Waals surface area (Å²) in [5.41, 5.74) is 0. The molecule has 0 aromatic carbocycles. The van der Waals surface area contributed by atoms with Crippen LogP contribution in [0.2, 0.25) is 4.34 Å². The van der Waals surface area contributed by atoms with Crippen molar-refractivity contribution in [2.45, 2.75) is 25.7 Å². The first-order valence-corrected chi connectivity index (χ1v) is 5.89. The number of nitrogens with one attached hydrogen (secondary N) is 1. The van der Waals surface area contributed by atoms with Crippen molar-refractivity contribution < 1.29 is 0 Å². The molecule has 1 N–H and O–H groups in total. The zero-order valence-electron chi connectivity index (χ0n) is 7.42. The number of hydrogen-bond acceptors (Lipinski definition) is 3. The number of rotatable bonds is 3. The molecule has 0 bridgehead atoms. The molecule has 0 amide bonds. The largest absolute Gasteiger partial charge is 0.361 e. The van der Waals surface area contributed by atoms with Crippen LogP contribution in [0.4, 0.5) is 5.13 Å². The van der Waals surface area contributed by atoms with Gasteiger partial charge in [0.15, 0.2) is 5.13 Å². The first kappa shape index (κ1) is 9.28. The average molecular weight is 217 g/mol. The summed E-state index contributed by atoms with van der Waals surface area (Å²) in [6.45, 7) is 1.06. The molecular weight excluding hydrogens is 204 g/mol. The van der Waals surface area contributed by atoms with Crippen molar-refractivity contribution in [3.63, 3.8) is 0 Å². The summed E-state index contributed by atoms with van der Waals surface area (Å²) in [5.74, 6) is 0.850. The van der Waals surface area contributed by atoms with E-state index >= 15 is 0 Å². The van der Waals surface area contributed by atoms with Gasteiger partial charge < -0.3 is 5.32 Å². The molecule has 0 spiro atoms. The zero-order valence-corrected chi connectivity index (χ0v) is 9.00. The third kappa shape index (κ3) is 2.58. The van der Waals surface area contributed by atoms with Crippen LogP contribution >= 0.6 is 22.9 Å². The number of nitrogens with zero attached hydrogens (tertiary/aromatic N) is 1. The highest BCUT2D eigenvalue weighted by Crippen LogP contribution is 2.27. The lowest BCUT2D eigenvalue weighted by Gasteiger charge is -2.08. The van der Waals surface area contributed by atoms with Crippen LogP contribution in [-0.4, -0.2) is 11.5 Å². The average Bonchev–Trinajstić information content (AvgIpc) is 2.71. The summed E-state index contributed by atoms with van der Waals surface area (Å²) in [7, 11) is 0. The van der Waals surface area contributed by atoms with E-state index in [1.165, 1.54) is 37.0 Å². The lowest BCUT2D eigenvalue weighted by Crippen LogP contribution is -2.10. The molecule has 4 heteroatoms. The second-order valence-corrected chi connectivity index (χ2v) is 5.16. The van der Waals surface area contributed by atoms with Gasteiger partial charge in [0.25, 0.3) is 0 Å². The minimum absolute atomic E-state index is 0.758. The Labute approximate surface area is 87.3 Å². The highest BCUT2D eigenvalue weighted by molar-refractivity contribution is 7.19. The molecule has 0 saturated heterocycles. The predicted molar refractivity (Wildman–Crippen MR) is 57.6 cm³/mol. The van der Waals surface area contributed by atoms with Crippen molar-refractivity contribution in [1.29, 1.82) is 0 Å². The topological polar surface area (TPSA) is 24.9 Å². The van der Waals surface area contributed by atoms with Crippen LogP contribution in [0.15, 0.2) is 6.20 Å². The van der Waals surface area contributed by atoms with Crippen LogP contribution in [0.1, 0.15) is 25.7 Å². The molecule has 1 saturated carbocycles. The predicted octanol–water partition coefficient (Wildman–Crippen LogP) is 3.40. The van der Waals surface area contributed by atoms with Gasteiger partial charge in [0, 0.05) is 6.54 Å². The van der Waals surface area contributed by atoms with E-state index in [2.05, 4.69) is 10.3 Å². The molecule has 0 radical (unpaired) electrons. The zero-order chi connectivity index (χ0) is 9.10. The minimum Gasteiger partial charge on any atom is -0.361 e. The molecule has 2 nitrogen and oxygen atoms in total. The monoisotopic (exact) mass is 216 g/mol. The van der Waals surface area contributed by atoms with E-state index in [0.717, 1.165) is 21.9 Å². The van der Waals surface area contributed by atoms with Crippen LogP contribution in [0.3, 0.4) is 0 Å². The van der Waals surface area contributed by atoms with Gasteiger partial charge in [0.05, 0.1) is 6.20 Å². The lowest BCUT2D eigenvalue weighted by atomic mass is 10.1. The van der Waals surface area contributed by atoms with E-state index in [-0.39, 0.29) is 0 Å². The van der Waals surface area contributed by atoms with Crippen molar-refractivity contribution in [1.82, 2.24) is 4.98 Å². The van der Waals surface area contributed by atoms with E-state index in [0.29, 0.717) is 0 Å². The van der Waals surface area contributed by atoms with E-state index in [1.807, 2.05) is 0 Å². The van der Waals surface area contributed by atoms with Gasteiger partial charge in [-0.2, -0.15) is 0 Å². The van der Waals surface area contributed by atoms with Gasteiger partial charge in [0.2, 0.25) is 0 Å². The molecule has 0 atom stereocenters. The van der Waals surface area contributed by atoms with Gasteiger partial charge in [-0.15, -0.1) is 0 Å².